The molecule has 1 fully saturated rings. The lowest BCUT2D eigenvalue weighted by Crippen LogP contribution is -2.46. The quantitative estimate of drug-likeness (QED) is 0.638. The first-order valence-electron chi connectivity index (χ1n) is 13.0. The Morgan fingerprint density at radius 1 is 1.11 bits per heavy atom. The van der Waals surface area contributed by atoms with Crippen molar-refractivity contribution in [3.63, 3.8) is 0 Å². The number of amides is 2. The van der Waals surface area contributed by atoms with E-state index in [0.29, 0.717) is 69.3 Å². The first kappa shape index (κ1) is 27.7. The molecular weight excluding hydrogens is 499 g/mol. The van der Waals surface area contributed by atoms with Crippen LogP contribution in [-0.2, 0) is 4.79 Å². The van der Waals surface area contributed by atoms with Crippen molar-refractivity contribution in [1.29, 1.82) is 0 Å². The highest BCUT2D eigenvalue weighted by molar-refractivity contribution is 5.96. The van der Waals surface area contributed by atoms with Crippen molar-refractivity contribution in [2.75, 3.05) is 44.2 Å². The Morgan fingerprint density at radius 3 is 2.61 bits per heavy atom. The number of carbonyl (C=O) groups excluding carboxylic acids is 2. The molecule has 4 rings (SSSR count). The third-order valence-electron chi connectivity index (χ3n) is 7.35. The Bertz CT molecular complexity index is 1120. The van der Waals surface area contributed by atoms with Crippen LogP contribution in [0, 0.1) is 12.3 Å². The fourth-order valence-electron chi connectivity index (χ4n) is 5.12. The van der Waals surface area contributed by atoms with Crippen molar-refractivity contribution >= 4 is 17.6 Å². The fraction of sp³-hybridized carbons (Fsp3) is 0.556. The van der Waals surface area contributed by atoms with Gasteiger partial charge in [-0.3, -0.25) is 9.59 Å². The maximum Gasteiger partial charge on any atom is 0.389 e. The van der Waals surface area contributed by atoms with Gasteiger partial charge in [-0.2, -0.15) is 13.2 Å². The number of rotatable bonds is 3. The standard InChI is InChI=1S/C27H34F3N5O3/c1-20-31-13-8-23(33-20)34-15-4-9-26(11-16-35(17-12-26)24(36)7-10-27(28,29)30)19-38-22-6-3-2-5-21(22)25(37)32-14-18-34/h2-3,5-6,8,13H,4,7,9-12,14-19H2,1H3,(H,32,37). The zero-order valence-corrected chi connectivity index (χ0v) is 21.6. The van der Waals surface area contributed by atoms with E-state index in [0.717, 1.165) is 18.7 Å². The molecule has 2 aliphatic heterocycles. The molecule has 0 saturated carbocycles. The summed E-state index contributed by atoms with van der Waals surface area (Å²) in [5.74, 6) is 1.26. The van der Waals surface area contributed by atoms with Gasteiger partial charge in [0.2, 0.25) is 5.91 Å². The van der Waals surface area contributed by atoms with Crippen LogP contribution in [0.1, 0.15) is 54.7 Å². The van der Waals surface area contributed by atoms with Gasteiger partial charge in [0.15, 0.2) is 0 Å². The lowest BCUT2D eigenvalue weighted by atomic mass is 9.75. The number of ether oxygens (including phenoxy) is 1. The van der Waals surface area contributed by atoms with Crippen LogP contribution >= 0.6 is 0 Å². The number of aromatic nitrogens is 2. The summed E-state index contributed by atoms with van der Waals surface area (Å²) in [6.45, 7) is 4.66. The van der Waals surface area contributed by atoms with Crippen molar-refractivity contribution in [3.05, 3.63) is 47.9 Å². The van der Waals surface area contributed by atoms with Crippen molar-refractivity contribution < 1.29 is 27.5 Å². The predicted molar refractivity (Wildman–Crippen MR) is 136 cm³/mol. The molecule has 11 heteroatoms. The minimum absolute atomic E-state index is 0.224. The average molecular weight is 534 g/mol. The Morgan fingerprint density at radius 2 is 1.87 bits per heavy atom. The number of anilines is 1. The number of aryl methyl sites for hydroxylation is 1. The molecule has 1 N–H and O–H groups in total. The second kappa shape index (κ2) is 12.0. The van der Waals surface area contributed by atoms with Gasteiger partial charge in [-0.15, -0.1) is 0 Å². The van der Waals surface area contributed by atoms with E-state index >= 15 is 0 Å². The second-order valence-electron chi connectivity index (χ2n) is 10.1. The summed E-state index contributed by atoms with van der Waals surface area (Å²) in [6, 6.07) is 8.96. The van der Waals surface area contributed by atoms with Gasteiger partial charge in [0.05, 0.1) is 18.6 Å². The monoisotopic (exact) mass is 533 g/mol. The van der Waals surface area contributed by atoms with E-state index in [2.05, 4.69) is 20.2 Å². The van der Waals surface area contributed by atoms with E-state index in [-0.39, 0.29) is 11.3 Å². The first-order chi connectivity index (χ1) is 18.1. The van der Waals surface area contributed by atoms with Crippen molar-refractivity contribution in [2.45, 2.75) is 51.6 Å². The van der Waals surface area contributed by atoms with Crippen LogP contribution in [0.3, 0.4) is 0 Å². The van der Waals surface area contributed by atoms with Crippen LogP contribution in [0.4, 0.5) is 19.0 Å². The number of benzene rings is 1. The third kappa shape index (κ3) is 7.35. The molecule has 2 amide bonds. The number of hydrogen-bond acceptors (Lipinski definition) is 6. The smallest absolute Gasteiger partial charge is 0.389 e. The highest BCUT2D eigenvalue weighted by Gasteiger charge is 2.38. The first-order valence-corrected chi connectivity index (χ1v) is 13.0. The minimum atomic E-state index is -4.35. The molecule has 1 aromatic heterocycles. The number of carbonyl (C=O) groups is 2. The van der Waals surface area contributed by atoms with Gasteiger partial charge in [0.25, 0.3) is 5.91 Å². The van der Waals surface area contributed by atoms with E-state index < -0.39 is 24.9 Å². The molecule has 1 aromatic carbocycles. The van der Waals surface area contributed by atoms with E-state index in [1.807, 2.05) is 19.1 Å². The Labute approximate surface area is 220 Å². The van der Waals surface area contributed by atoms with Gasteiger partial charge in [-0.05, 0) is 50.8 Å². The van der Waals surface area contributed by atoms with Gasteiger partial charge in [0.1, 0.15) is 17.4 Å². The summed E-state index contributed by atoms with van der Waals surface area (Å²) in [4.78, 5) is 37.8. The summed E-state index contributed by atoms with van der Waals surface area (Å²) in [7, 11) is 0. The number of nitrogens with zero attached hydrogens (tertiary/aromatic N) is 4. The van der Waals surface area contributed by atoms with E-state index in [1.165, 1.54) is 4.90 Å². The third-order valence-corrected chi connectivity index (χ3v) is 7.35. The number of para-hydroxylation sites is 1. The molecule has 0 aliphatic carbocycles. The summed E-state index contributed by atoms with van der Waals surface area (Å²) in [6.07, 6.45) is -1.39. The summed E-state index contributed by atoms with van der Waals surface area (Å²) in [5.41, 5.74) is 0.178. The van der Waals surface area contributed by atoms with Crippen molar-refractivity contribution in [2.24, 2.45) is 5.41 Å². The number of hydrogen-bond donors (Lipinski definition) is 1. The van der Waals surface area contributed by atoms with Crippen LogP contribution in [0.15, 0.2) is 36.5 Å². The molecule has 38 heavy (non-hydrogen) atoms. The molecule has 2 aromatic rings. The number of alkyl halides is 3. The maximum absolute atomic E-state index is 13.0. The van der Waals surface area contributed by atoms with E-state index in [9.17, 15) is 22.8 Å². The van der Waals surface area contributed by atoms with Gasteiger partial charge < -0.3 is 19.9 Å². The Balaban J connectivity index is 1.51. The zero-order valence-electron chi connectivity index (χ0n) is 21.6. The molecule has 0 bridgehead atoms. The van der Waals surface area contributed by atoms with Gasteiger partial charge in [-0.1, -0.05) is 12.1 Å². The molecule has 206 valence electrons. The molecule has 2 aliphatic rings. The molecule has 1 spiro atoms. The molecule has 0 radical (unpaired) electrons. The van der Waals surface area contributed by atoms with Crippen LogP contribution in [0.25, 0.3) is 0 Å². The lowest BCUT2D eigenvalue weighted by molar-refractivity contribution is -0.150. The van der Waals surface area contributed by atoms with Gasteiger partial charge in [-0.25, -0.2) is 9.97 Å². The van der Waals surface area contributed by atoms with Crippen LogP contribution in [-0.4, -0.2) is 72.2 Å². The molecule has 1 saturated heterocycles. The summed E-state index contributed by atoms with van der Waals surface area (Å²) in [5, 5.41) is 2.98. The average Bonchev–Trinajstić information content (AvgIpc) is 2.90. The molecule has 0 unspecified atom stereocenters. The number of halogens is 3. The van der Waals surface area contributed by atoms with Gasteiger partial charge in [0, 0.05) is 50.8 Å². The van der Waals surface area contributed by atoms with Crippen LogP contribution in [0.5, 0.6) is 5.75 Å². The summed E-state index contributed by atoms with van der Waals surface area (Å²) < 4.78 is 44.1. The highest BCUT2D eigenvalue weighted by Crippen LogP contribution is 2.38. The highest BCUT2D eigenvalue weighted by atomic mass is 19.4. The van der Waals surface area contributed by atoms with Crippen LogP contribution < -0.4 is 15.0 Å². The number of nitrogens with one attached hydrogen (secondary N) is 1. The Kier molecular flexibility index (Phi) is 8.73. The van der Waals surface area contributed by atoms with Crippen LogP contribution in [0.2, 0.25) is 0 Å². The largest absolute Gasteiger partial charge is 0.492 e. The van der Waals surface area contributed by atoms with E-state index in [4.69, 9.17) is 4.74 Å². The predicted octanol–water partition coefficient (Wildman–Crippen LogP) is 4.15. The Hall–Kier alpha value is -3.37. The van der Waals surface area contributed by atoms with Crippen molar-refractivity contribution in [3.8, 4) is 5.75 Å². The number of likely N-dealkylation sites (tertiary alicyclic amines) is 1. The number of piperidine rings is 1. The normalized spacial score (nSPS) is 18.9. The minimum Gasteiger partial charge on any atom is -0.492 e. The number of fused-ring (bicyclic) bond motifs is 1. The van der Waals surface area contributed by atoms with Crippen molar-refractivity contribution in [1.82, 2.24) is 20.2 Å². The van der Waals surface area contributed by atoms with Gasteiger partial charge >= 0.3 is 6.18 Å². The van der Waals surface area contributed by atoms with E-state index in [1.54, 1.807) is 24.4 Å². The molecule has 0 atom stereocenters. The molecular formula is C27H34F3N5O3. The summed E-state index contributed by atoms with van der Waals surface area (Å²) >= 11 is 0. The zero-order chi connectivity index (χ0) is 27.2. The maximum atomic E-state index is 13.0. The fourth-order valence-corrected chi connectivity index (χ4v) is 5.12. The lowest BCUT2D eigenvalue weighted by Gasteiger charge is -2.42. The SMILES string of the molecule is Cc1nccc(N2CCCC3(CCN(C(=O)CCC(F)(F)F)CC3)COc3ccccc3C(=O)NCC2)n1. The molecule has 8 nitrogen and oxygen atoms in total. The second-order valence-corrected chi connectivity index (χ2v) is 10.1. The molecule has 3 heterocycles. The topological polar surface area (TPSA) is 87.7 Å².